The molecule has 4 heteroatoms. The molecule has 0 unspecified atom stereocenters. The number of hydrogen-bond acceptors (Lipinski definition) is 4. The summed E-state index contributed by atoms with van der Waals surface area (Å²) in [6.45, 7) is 0. The molecule has 0 saturated heterocycles. The first-order valence-corrected chi connectivity index (χ1v) is 7.53. The summed E-state index contributed by atoms with van der Waals surface area (Å²) in [5.74, 6) is -0.0413. The Bertz CT molecular complexity index is 1030. The maximum atomic E-state index is 12.5. The van der Waals surface area contributed by atoms with E-state index in [-0.39, 0.29) is 5.57 Å². The van der Waals surface area contributed by atoms with E-state index in [2.05, 4.69) is 0 Å². The van der Waals surface area contributed by atoms with Gasteiger partial charge in [0.15, 0.2) is 0 Å². The molecule has 3 aromatic rings. The number of carbonyl (C=O) groups excluding carboxylic acids is 1. The van der Waals surface area contributed by atoms with Crippen molar-refractivity contribution in [3.05, 3.63) is 83.4 Å². The van der Waals surface area contributed by atoms with Crippen LogP contribution in [0, 0.1) is 22.7 Å². The molecule has 0 N–H and O–H groups in total. The molecule has 0 atom stereocenters. The van der Waals surface area contributed by atoms with Crippen LogP contribution in [0.25, 0.3) is 16.8 Å². The third-order valence-corrected chi connectivity index (χ3v) is 3.65. The Morgan fingerprint density at radius 3 is 2.28 bits per heavy atom. The van der Waals surface area contributed by atoms with Gasteiger partial charge in [-0.2, -0.15) is 10.5 Å². The van der Waals surface area contributed by atoms with Crippen LogP contribution >= 0.6 is 0 Å². The number of nitrogens with zero attached hydrogens (tertiary/aromatic N) is 2. The summed E-state index contributed by atoms with van der Waals surface area (Å²) < 4.78 is 5.43. The van der Waals surface area contributed by atoms with E-state index >= 15 is 0 Å². The maximum Gasteiger partial charge on any atom is 0.344 e. The summed E-state index contributed by atoms with van der Waals surface area (Å²) in [5.41, 5.74) is 1.20. The largest absolute Gasteiger partial charge is 0.423 e. The summed E-state index contributed by atoms with van der Waals surface area (Å²) >= 11 is 0. The van der Waals surface area contributed by atoms with Gasteiger partial charge < -0.3 is 4.74 Å². The van der Waals surface area contributed by atoms with Crippen LogP contribution < -0.4 is 4.74 Å². The Morgan fingerprint density at radius 1 is 0.880 bits per heavy atom. The Labute approximate surface area is 144 Å². The van der Waals surface area contributed by atoms with Crippen LogP contribution in [0.4, 0.5) is 0 Å². The number of allylic oxidation sites excluding steroid dienone is 1. The zero-order valence-corrected chi connectivity index (χ0v) is 13.1. The standard InChI is InChI=1S/C21H12N2O2/c22-13-16(14-23)12-15-8-10-18(11-9-15)25-21(24)20-7-3-5-17-4-1-2-6-19(17)20/h1-12H. The molecule has 118 valence electrons. The van der Waals surface area contributed by atoms with Gasteiger partial charge in [0.1, 0.15) is 23.5 Å². The number of ether oxygens (including phenoxy) is 1. The third kappa shape index (κ3) is 3.55. The molecule has 0 spiro atoms. The van der Waals surface area contributed by atoms with Crippen LogP contribution in [0.1, 0.15) is 15.9 Å². The van der Waals surface area contributed by atoms with E-state index in [1.165, 1.54) is 6.08 Å². The SMILES string of the molecule is N#CC(C#N)=Cc1ccc(OC(=O)c2cccc3ccccc23)cc1. The van der Waals surface area contributed by atoms with Gasteiger partial charge in [-0.3, -0.25) is 0 Å². The first kappa shape index (κ1) is 16.0. The highest BCUT2D eigenvalue weighted by molar-refractivity contribution is 6.05. The van der Waals surface area contributed by atoms with E-state index in [0.717, 1.165) is 10.8 Å². The number of rotatable bonds is 3. The van der Waals surface area contributed by atoms with Gasteiger partial charge in [0.2, 0.25) is 0 Å². The Balaban J connectivity index is 1.83. The van der Waals surface area contributed by atoms with E-state index in [0.29, 0.717) is 16.9 Å². The quantitative estimate of drug-likeness (QED) is 0.404. The van der Waals surface area contributed by atoms with E-state index in [4.69, 9.17) is 15.3 Å². The van der Waals surface area contributed by atoms with Gasteiger partial charge in [-0.1, -0.05) is 48.5 Å². The molecule has 3 rings (SSSR count). The topological polar surface area (TPSA) is 73.9 Å². The normalized spacial score (nSPS) is 9.68. The molecule has 0 aliphatic carbocycles. The van der Waals surface area contributed by atoms with E-state index < -0.39 is 5.97 Å². The average Bonchev–Trinajstić information content (AvgIpc) is 2.67. The van der Waals surface area contributed by atoms with Crippen LogP contribution in [0.15, 0.2) is 72.3 Å². The van der Waals surface area contributed by atoms with Crippen molar-refractivity contribution < 1.29 is 9.53 Å². The monoisotopic (exact) mass is 324 g/mol. The highest BCUT2D eigenvalue weighted by Crippen LogP contribution is 2.21. The molecule has 4 nitrogen and oxygen atoms in total. The second-order valence-corrected chi connectivity index (χ2v) is 5.27. The van der Waals surface area contributed by atoms with Gasteiger partial charge in [-0.15, -0.1) is 0 Å². The van der Waals surface area contributed by atoms with Crippen LogP contribution in [0.3, 0.4) is 0 Å². The maximum absolute atomic E-state index is 12.5. The van der Waals surface area contributed by atoms with Gasteiger partial charge in [-0.05, 0) is 40.6 Å². The Kier molecular flexibility index (Phi) is 4.55. The molecule has 0 aliphatic rings. The van der Waals surface area contributed by atoms with Crippen LogP contribution in [-0.4, -0.2) is 5.97 Å². The molecule has 0 bridgehead atoms. The second kappa shape index (κ2) is 7.12. The van der Waals surface area contributed by atoms with Crippen molar-refractivity contribution in [2.24, 2.45) is 0 Å². The summed E-state index contributed by atoms with van der Waals surface area (Å²) in [5, 5.41) is 19.3. The summed E-state index contributed by atoms with van der Waals surface area (Å²) in [7, 11) is 0. The molecular weight excluding hydrogens is 312 g/mol. The number of benzene rings is 3. The fourth-order valence-corrected chi connectivity index (χ4v) is 2.45. The van der Waals surface area contributed by atoms with Crippen molar-refractivity contribution in [2.75, 3.05) is 0 Å². The first-order chi connectivity index (χ1) is 12.2. The molecule has 3 aromatic carbocycles. The fourth-order valence-electron chi connectivity index (χ4n) is 2.45. The minimum atomic E-state index is -0.435. The number of carbonyl (C=O) groups is 1. The predicted molar refractivity (Wildman–Crippen MR) is 94.6 cm³/mol. The van der Waals surface area contributed by atoms with Crippen molar-refractivity contribution >= 4 is 22.8 Å². The molecule has 25 heavy (non-hydrogen) atoms. The predicted octanol–water partition coefficient (Wildman–Crippen LogP) is 4.49. The number of fused-ring (bicyclic) bond motifs is 1. The molecule has 0 amide bonds. The second-order valence-electron chi connectivity index (χ2n) is 5.27. The van der Waals surface area contributed by atoms with Gasteiger partial charge in [0, 0.05) is 0 Å². The minimum absolute atomic E-state index is 0.0144. The van der Waals surface area contributed by atoms with Crippen molar-refractivity contribution in [3.63, 3.8) is 0 Å². The van der Waals surface area contributed by atoms with Gasteiger partial charge in [0.25, 0.3) is 0 Å². The molecule has 0 heterocycles. The van der Waals surface area contributed by atoms with E-state index in [9.17, 15) is 4.79 Å². The van der Waals surface area contributed by atoms with Gasteiger partial charge in [-0.25, -0.2) is 4.79 Å². The lowest BCUT2D eigenvalue weighted by atomic mass is 10.0. The first-order valence-electron chi connectivity index (χ1n) is 7.53. The molecule has 0 fully saturated rings. The Hall–Kier alpha value is -3.89. The zero-order chi connectivity index (χ0) is 17.6. The van der Waals surface area contributed by atoms with Crippen molar-refractivity contribution in [1.82, 2.24) is 0 Å². The van der Waals surface area contributed by atoms with E-state index in [1.54, 1.807) is 42.5 Å². The highest BCUT2D eigenvalue weighted by atomic mass is 16.5. The van der Waals surface area contributed by atoms with Crippen molar-refractivity contribution in [2.45, 2.75) is 0 Å². The molecule has 0 saturated carbocycles. The Morgan fingerprint density at radius 2 is 1.56 bits per heavy atom. The smallest absolute Gasteiger partial charge is 0.344 e. The molecular formula is C21H12N2O2. The average molecular weight is 324 g/mol. The lowest BCUT2D eigenvalue weighted by molar-refractivity contribution is 0.0737. The van der Waals surface area contributed by atoms with Crippen molar-refractivity contribution in [3.8, 4) is 17.9 Å². The highest BCUT2D eigenvalue weighted by Gasteiger charge is 2.12. The van der Waals surface area contributed by atoms with E-state index in [1.807, 2.05) is 36.4 Å². The lowest BCUT2D eigenvalue weighted by Crippen LogP contribution is -2.08. The molecule has 0 radical (unpaired) electrons. The van der Waals surface area contributed by atoms with Gasteiger partial charge >= 0.3 is 5.97 Å². The lowest BCUT2D eigenvalue weighted by Gasteiger charge is -2.07. The van der Waals surface area contributed by atoms with Crippen LogP contribution in [0.2, 0.25) is 0 Å². The number of nitriles is 2. The zero-order valence-electron chi connectivity index (χ0n) is 13.1. The molecule has 0 aliphatic heterocycles. The molecule has 0 aromatic heterocycles. The number of hydrogen-bond donors (Lipinski definition) is 0. The van der Waals surface area contributed by atoms with Crippen LogP contribution in [-0.2, 0) is 0 Å². The number of esters is 1. The third-order valence-electron chi connectivity index (χ3n) is 3.65. The summed E-state index contributed by atoms with van der Waals surface area (Å²) in [4.78, 5) is 12.5. The fraction of sp³-hybridized carbons (Fsp3) is 0. The minimum Gasteiger partial charge on any atom is -0.423 e. The van der Waals surface area contributed by atoms with Crippen molar-refractivity contribution in [1.29, 1.82) is 10.5 Å². The summed E-state index contributed by atoms with van der Waals surface area (Å²) in [6.07, 6.45) is 1.47. The van der Waals surface area contributed by atoms with Crippen LogP contribution in [0.5, 0.6) is 5.75 Å². The summed E-state index contributed by atoms with van der Waals surface area (Å²) in [6, 6.07) is 23.3. The van der Waals surface area contributed by atoms with Gasteiger partial charge in [0.05, 0.1) is 5.56 Å².